The highest BCUT2D eigenvalue weighted by Gasteiger charge is 2.15. The van der Waals surface area contributed by atoms with Crippen LogP contribution in [0.2, 0.25) is 0 Å². The maximum atomic E-state index is 12.8. The van der Waals surface area contributed by atoms with Crippen LogP contribution >= 0.6 is 0 Å². The standard InChI is InChI=1S/C22H19NO3/c1-25-21-13-6-5-11-18(21)15-20(17-9-3-2-4-10-17)22(24)26-16-19-12-7-8-14-23-19/h2-15H,16H2,1H3/b20-15+. The molecule has 1 aromatic heterocycles. The fourth-order valence-electron chi connectivity index (χ4n) is 2.52. The predicted molar refractivity (Wildman–Crippen MR) is 101 cm³/mol. The quantitative estimate of drug-likeness (QED) is 0.378. The number of aromatic nitrogens is 1. The Morgan fingerprint density at radius 3 is 2.42 bits per heavy atom. The molecule has 0 N–H and O–H groups in total. The lowest BCUT2D eigenvalue weighted by Crippen LogP contribution is -2.08. The maximum Gasteiger partial charge on any atom is 0.339 e. The molecule has 0 bridgehead atoms. The van der Waals surface area contributed by atoms with Gasteiger partial charge in [-0.2, -0.15) is 0 Å². The molecule has 0 atom stereocenters. The molecular formula is C22H19NO3. The number of methoxy groups -OCH3 is 1. The summed E-state index contributed by atoms with van der Waals surface area (Å²) < 4.78 is 10.9. The zero-order valence-corrected chi connectivity index (χ0v) is 14.5. The third-order valence-corrected chi connectivity index (χ3v) is 3.82. The van der Waals surface area contributed by atoms with E-state index in [2.05, 4.69) is 4.98 Å². The summed E-state index contributed by atoms with van der Waals surface area (Å²) in [6.45, 7) is 0.121. The van der Waals surface area contributed by atoms with Gasteiger partial charge in [0.05, 0.1) is 18.4 Å². The summed E-state index contributed by atoms with van der Waals surface area (Å²) >= 11 is 0. The van der Waals surface area contributed by atoms with Crippen molar-refractivity contribution in [3.05, 3.63) is 95.8 Å². The molecular weight excluding hydrogens is 326 g/mol. The summed E-state index contributed by atoms with van der Waals surface area (Å²) in [6.07, 6.45) is 3.46. The first kappa shape index (κ1) is 17.4. The van der Waals surface area contributed by atoms with E-state index in [9.17, 15) is 4.79 Å². The zero-order valence-electron chi connectivity index (χ0n) is 14.5. The van der Waals surface area contributed by atoms with E-state index in [0.29, 0.717) is 17.0 Å². The molecule has 0 radical (unpaired) electrons. The number of hydrogen-bond donors (Lipinski definition) is 0. The summed E-state index contributed by atoms with van der Waals surface area (Å²) in [7, 11) is 1.61. The van der Waals surface area contributed by atoms with Gasteiger partial charge in [0.1, 0.15) is 12.4 Å². The molecule has 0 fully saturated rings. The lowest BCUT2D eigenvalue weighted by atomic mass is 10.0. The summed E-state index contributed by atoms with van der Waals surface area (Å²) in [6, 6.07) is 22.5. The fraction of sp³-hybridized carbons (Fsp3) is 0.0909. The van der Waals surface area contributed by atoms with E-state index in [1.54, 1.807) is 19.4 Å². The Kier molecular flexibility index (Phi) is 5.78. The lowest BCUT2D eigenvalue weighted by molar-refractivity contribution is -0.137. The Balaban J connectivity index is 1.91. The van der Waals surface area contributed by atoms with Crippen molar-refractivity contribution in [2.24, 2.45) is 0 Å². The van der Waals surface area contributed by atoms with E-state index in [1.165, 1.54) is 0 Å². The van der Waals surface area contributed by atoms with Crippen LogP contribution in [0.5, 0.6) is 5.75 Å². The van der Waals surface area contributed by atoms with Crippen molar-refractivity contribution >= 4 is 17.6 Å². The van der Waals surface area contributed by atoms with Gasteiger partial charge in [0, 0.05) is 11.8 Å². The van der Waals surface area contributed by atoms with Crippen LogP contribution in [0.4, 0.5) is 0 Å². The number of esters is 1. The van der Waals surface area contributed by atoms with Crippen molar-refractivity contribution in [3.63, 3.8) is 0 Å². The van der Waals surface area contributed by atoms with Crippen LogP contribution in [0.25, 0.3) is 11.6 Å². The number of rotatable bonds is 6. The van der Waals surface area contributed by atoms with Gasteiger partial charge >= 0.3 is 5.97 Å². The van der Waals surface area contributed by atoms with E-state index < -0.39 is 5.97 Å². The molecule has 4 heteroatoms. The van der Waals surface area contributed by atoms with Gasteiger partial charge in [-0.05, 0) is 29.8 Å². The molecule has 0 saturated heterocycles. The summed E-state index contributed by atoms with van der Waals surface area (Å²) in [4.78, 5) is 16.9. The highest BCUT2D eigenvalue weighted by molar-refractivity contribution is 6.21. The molecule has 1 heterocycles. The number of carbonyl (C=O) groups excluding carboxylic acids is 1. The average molecular weight is 345 g/mol. The van der Waals surface area contributed by atoms with Gasteiger partial charge in [-0.25, -0.2) is 4.79 Å². The van der Waals surface area contributed by atoms with Crippen molar-refractivity contribution in [1.29, 1.82) is 0 Å². The van der Waals surface area contributed by atoms with Gasteiger partial charge in [-0.1, -0.05) is 54.6 Å². The highest BCUT2D eigenvalue weighted by atomic mass is 16.5. The fourth-order valence-corrected chi connectivity index (χ4v) is 2.52. The first-order valence-corrected chi connectivity index (χ1v) is 8.25. The number of ether oxygens (including phenoxy) is 2. The number of para-hydroxylation sites is 1. The summed E-state index contributed by atoms with van der Waals surface area (Å²) in [5.41, 5.74) is 2.75. The summed E-state index contributed by atoms with van der Waals surface area (Å²) in [5, 5.41) is 0. The minimum Gasteiger partial charge on any atom is -0.496 e. The molecule has 26 heavy (non-hydrogen) atoms. The van der Waals surface area contributed by atoms with Gasteiger partial charge in [0.25, 0.3) is 0 Å². The van der Waals surface area contributed by atoms with Gasteiger partial charge in [-0.3, -0.25) is 4.98 Å². The molecule has 3 rings (SSSR count). The molecule has 4 nitrogen and oxygen atoms in total. The molecule has 0 unspecified atom stereocenters. The Bertz CT molecular complexity index is 890. The Morgan fingerprint density at radius 1 is 0.962 bits per heavy atom. The monoisotopic (exact) mass is 345 g/mol. The smallest absolute Gasteiger partial charge is 0.339 e. The number of nitrogens with zero attached hydrogens (tertiary/aromatic N) is 1. The molecule has 2 aromatic carbocycles. The van der Waals surface area contributed by atoms with E-state index in [4.69, 9.17) is 9.47 Å². The Morgan fingerprint density at radius 2 is 1.69 bits per heavy atom. The lowest BCUT2D eigenvalue weighted by Gasteiger charge is -2.10. The van der Waals surface area contributed by atoms with E-state index in [-0.39, 0.29) is 6.61 Å². The molecule has 0 saturated carbocycles. The van der Waals surface area contributed by atoms with Crippen LogP contribution in [0.3, 0.4) is 0 Å². The van der Waals surface area contributed by atoms with Crippen LogP contribution < -0.4 is 4.74 Å². The molecule has 0 amide bonds. The topological polar surface area (TPSA) is 48.4 Å². The van der Waals surface area contributed by atoms with Gasteiger partial charge in [0.2, 0.25) is 0 Å². The second-order valence-corrected chi connectivity index (χ2v) is 5.56. The van der Waals surface area contributed by atoms with Crippen molar-refractivity contribution < 1.29 is 14.3 Å². The third kappa shape index (κ3) is 4.36. The van der Waals surface area contributed by atoms with Crippen molar-refractivity contribution in [2.75, 3.05) is 7.11 Å². The number of pyridine rings is 1. The number of carbonyl (C=O) groups is 1. The maximum absolute atomic E-state index is 12.8. The average Bonchev–Trinajstić information content (AvgIpc) is 2.72. The van der Waals surface area contributed by atoms with Gasteiger partial charge in [0.15, 0.2) is 0 Å². The minimum atomic E-state index is -0.409. The van der Waals surface area contributed by atoms with Crippen LogP contribution in [0, 0.1) is 0 Å². The van der Waals surface area contributed by atoms with Crippen LogP contribution in [-0.4, -0.2) is 18.1 Å². The van der Waals surface area contributed by atoms with Gasteiger partial charge < -0.3 is 9.47 Å². The van der Waals surface area contributed by atoms with Crippen molar-refractivity contribution in [3.8, 4) is 5.75 Å². The van der Waals surface area contributed by atoms with Crippen LogP contribution in [-0.2, 0) is 16.1 Å². The summed E-state index contributed by atoms with van der Waals surface area (Å²) in [5.74, 6) is 0.284. The van der Waals surface area contributed by atoms with Crippen molar-refractivity contribution in [2.45, 2.75) is 6.61 Å². The molecule has 0 aliphatic heterocycles. The Labute approximate surface area is 152 Å². The highest BCUT2D eigenvalue weighted by Crippen LogP contribution is 2.25. The SMILES string of the molecule is COc1ccccc1/C=C(/C(=O)OCc1ccccn1)c1ccccc1. The van der Waals surface area contributed by atoms with Crippen molar-refractivity contribution in [1.82, 2.24) is 4.98 Å². The van der Waals surface area contributed by atoms with Crippen LogP contribution in [0.1, 0.15) is 16.8 Å². The third-order valence-electron chi connectivity index (χ3n) is 3.82. The first-order chi connectivity index (χ1) is 12.8. The second kappa shape index (κ2) is 8.62. The normalized spacial score (nSPS) is 11.0. The Hall–Kier alpha value is -3.40. The minimum absolute atomic E-state index is 0.121. The number of hydrogen-bond acceptors (Lipinski definition) is 4. The molecule has 0 aliphatic carbocycles. The number of benzene rings is 2. The first-order valence-electron chi connectivity index (χ1n) is 8.25. The van der Waals surface area contributed by atoms with E-state index >= 15 is 0 Å². The molecule has 130 valence electrons. The second-order valence-electron chi connectivity index (χ2n) is 5.56. The van der Waals surface area contributed by atoms with E-state index in [0.717, 1.165) is 11.1 Å². The predicted octanol–water partition coefficient (Wildman–Crippen LogP) is 4.37. The molecule has 0 spiro atoms. The molecule has 3 aromatic rings. The zero-order chi connectivity index (χ0) is 18.2. The largest absolute Gasteiger partial charge is 0.496 e. The molecule has 0 aliphatic rings. The van der Waals surface area contributed by atoms with Gasteiger partial charge in [-0.15, -0.1) is 0 Å². The van der Waals surface area contributed by atoms with Crippen LogP contribution in [0.15, 0.2) is 79.0 Å². The van der Waals surface area contributed by atoms with E-state index in [1.807, 2.05) is 72.8 Å².